The first-order chi connectivity index (χ1) is 10.3. The van der Waals surface area contributed by atoms with E-state index in [2.05, 4.69) is 28.7 Å². The number of nitrogens with zero attached hydrogens (tertiary/aromatic N) is 1. The van der Waals surface area contributed by atoms with Crippen LogP contribution in [-0.2, 0) is 19.3 Å². The molecule has 0 N–H and O–H groups in total. The lowest BCUT2D eigenvalue weighted by molar-refractivity contribution is 0.0678. The Balaban J connectivity index is 1.65. The van der Waals surface area contributed by atoms with E-state index in [4.69, 9.17) is 0 Å². The van der Waals surface area contributed by atoms with E-state index >= 15 is 0 Å². The average Bonchev–Trinajstić information content (AvgIpc) is 3.14. The predicted molar refractivity (Wildman–Crippen MR) is 88.4 cm³/mol. The van der Waals surface area contributed by atoms with Gasteiger partial charge in [0.15, 0.2) is 0 Å². The summed E-state index contributed by atoms with van der Waals surface area (Å²) in [4.78, 5) is 18.0. The first kappa shape index (κ1) is 13.5. The van der Waals surface area contributed by atoms with Crippen LogP contribution in [0.15, 0.2) is 16.8 Å². The van der Waals surface area contributed by atoms with Crippen molar-refractivity contribution in [1.82, 2.24) is 4.90 Å². The van der Waals surface area contributed by atoms with Gasteiger partial charge in [0.2, 0.25) is 0 Å². The molecule has 0 saturated carbocycles. The maximum absolute atomic E-state index is 13.0. The Morgan fingerprint density at radius 3 is 2.95 bits per heavy atom. The normalized spacial score (nSPS) is 21.0. The van der Waals surface area contributed by atoms with E-state index < -0.39 is 0 Å². The quantitative estimate of drug-likeness (QED) is 0.761. The van der Waals surface area contributed by atoms with E-state index in [-0.39, 0.29) is 11.9 Å². The second-order valence-electron chi connectivity index (χ2n) is 5.98. The number of hydrogen-bond donors (Lipinski definition) is 0. The molecule has 1 aliphatic carbocycles. The largest absolute Gasteiger partial charge is 0.331 e. The van der Waals surface area contributed by atoms with Gasteiger partial charge in [0.05, 0.1) is 11.6 Å². The Kier molecular flexibility index (Phi) is 3.38. The number of carbonyl (C=O) groups is 1. The summed E-state index contributed by atoms with van der Waals surface area (Å²) in [6.07, 6.45) is 5.77. The maximum Gasteiger partial charge on any atom is 0.255 e. The molecule has 2 nitrogen and oxygen atoms in total. The minimum Gasteiger partial charge on any atom is -0.331 e. The summed E-state index contributed by atoms with van der Waals surface area (Å²) in [7, 11) is 0. The molecule has 0 fully saturated rings. The van der Waals surface area contributed by atoms with E-state index in [0.29, 0.717) is 0 Å². The van der Waals surface area contributed by atoms with Crippen LogP contribution in [0.1, 0.15) is 57.0 Å². The van der Waals surface area contributed by atoms with Gasteiger partial charge in [0.1, 0.15) is 0 Å². The predicted octanol–water partition coefficient (Wildman–Crippen LogP) is 4.45. The molecule has 0 unspecified atom stereocenters. The Morgan fingerprint density at radius 1 is 1.19 bits per heavy atom. The fourth-order valence-corrected chi connectivity index (χ4v) is 5.70. The lowest BCUT2D eigenvalue weighted by Gasteiger charge is -2.34. The smallest absolute Gasteiger partial charge is 0.255 e. The summed E-state index contributed by atoms with van der Waals surface area (Å²) in [5.41, 5.74) is 3.68. The average molecular weight is 317 g/mol. The van der Waals surface area contributed by atoms with Crippen molar-refractivity contribution in [2.75, 3.05) is 6.54 Å². The molecule has 0 spiro atoms. The van der Waals surface area contributed by atoms with Crippen LogP contribution in [0.4, 0.5) is 0 Å². The van der Waals surface area contributed by atoms with Crippen LogP contribution < -0.4 is 0 Å². The van der Waals surface area contributed by atoms with E-state index in [1.807, 2.05) is 11.3 Å². The molecule has 110 valence electrons. The minimum absolute atomic E-state index is 0.214. The zero-order valence-corrected chi connectivity index (χ0v) is 13.9. The molecule has 1 aliphatic heterocycles. The van der Waals surface area contributed by atoms with Gasteiger partial charge in [0, 0.05) is 21.7 Å². The zero-order valence-electron chi connectivity index (χ0n) is 12.2. The monoisotopic (exact) mass is 317 g/mol. The Labute approximate surface area is 133 Å². The molecular formula is C17H19NOS2. The lowest BCUT2D eigenvalue weighted by Crippen LogP contribution is -2.38. The minimum atomic E-state index is 0.214. The highest BCUT2D eigenvalue weighted by Gasteiger charge is 2.31. The third-order valence-corrected chi connectivity index (χ3v) is 6.91. The Bertz CT molecular complexity index is 685. The fourth-order valence-electron chi connectivity index (χ4n) is 3.61. The van der Waals surface area contributed by atoms with Crippen LogP contribution >= 0.6 is 22.7 Å². The SMILES string of the molecule is C[C@H]1c2ccsc2CCN1C(=O)c1csc2c1CCCC2. The molecule has 1 atom stereocenters. The molecule has 21 heavy (non-hydrogen) atoms. The van der Waals surface area contributed by atoms with Crippen molar-refractivity contribution in [2.24, 2.45) is 0 Å². The van der Waals surface area contributed by atoms with Gasteiger partial charge in [-0.05, 0) is 61.6 Å². The van der Waals surface area contributed by atoms with Gasteiger partial charge >= 0.3 is 0 Å². The number of rotatable bonds is 1. The van der Waals surface area contributed by atoms with Crippen molar-refractivity contribution >= 4 is 28.6 Å². The Morgan fingerprint density at radius 2 is 2.05 bits per heavy atom. The summed E-state index contributed by atoms with van der Waals surface area (Å²) in [6, 6.07) is 2.40. The van der Waals surface area contributed by atoms with Gasteiger partial charge in [0.25, 0.3) is 5.91 Å². The van der Waals surface area contributed by atoms with Crippen LogP contribution in [0.5, 0.6) is 0 Å². The molecular weight excluding hydrogens is 298 g/mol. The van der Waals surface area contributed by atoms with Gasteiger partial charge in [-0.25, -0.2) is 0 Å². The van der Waals surface area contributed by atoms with Crippen LogP contribution in [0, 0.1) is 0 Å². The highest BCUT2D eigenvalue weighted by Crippen LogP contribution is 2.36. The van der Waals surface area contributed by atoms with Gasteiger partial charge in [-0.1, -0.05) is 0 Å². The number of hydrogen-bond acceptors (Lipinski definition) is 3. The van der Waals surface area contributed by atoms with Crippen LogP contribution in [0.25, 0.3) is 0 Å². The number of aryl methyl sites for hydroxylation is 1. The first-order valence-corrected chi connectivity index (χ1v) is 9.48. The van der Waals surface area contributed by atoms with Crippen LogP contribution in [-0.4, -0.2) is 17.4 Å². The second-order valence-corrected chi connectivity index (χ2v) is 7.95. The molecule has 0 radical (unpaired) electrons. The van der Waals surface area contributed by atoms with Crippen LogP contribution in [0.2, 0.25) is 0 Å². The summed E-state index contributed by atoms with van der Waals surface area (Å²) in [6.45, 7) is 3.03. The molecule has 2 aromatic heterocycles. The standard InChI is InChI=1S/C17H19NOS2/c1-11-12-7-9-20-16(12)6-8-18(11)17(19)14-10-21-15-5-3-2-4-13(14)15/h7,9-11H,2-6,8H2,1H3/t11-/m0/s1. The van der Waals surface area contributed by atoms with Crippen molar-refractivity contribution in [1.29, 1.82) is 0 Å². The maximum atomic E-state index is 13.0. The van der Waals surface area contributed by atoms with Crippen molar-refractivity contribution in [3.8, 4) is 0 Å². The molecule has 2 aliphatic rings. The van der Waals surface area contributed by atoms with Gasteiger partial charge in [-0.15, -0.1) is 22.7 Å². The molecule has 3 heterocycles. The Hall–Kier alpha value is -1.13. The van der Waals surface area contributed by atoms with E-state index in [9.17, 15) is 4.79 Å². The highest BCUT2D eigenvalue weighted by atomic mass is 32.1. The van der Waals surface area contributed by atoms with Crippen molar-refractivity contribution in [3.63, 3.8) is 0 Å². The topological polar surface area (TPSA) is 20.3 Å². The molecule has 1 amide bonds. The summed E-state index contributed by atoms with van der Waals surface area (Å²) >= 11 is 3.61. The van der Waals surface area contributed by atoms with Gasteiger partial charge in [-0.2, -0.15) is 0 Å². The summed E-state index contributed by atoms with van der Waals surface area (Å²) in [5.74, 6) is 0.249. The van der Waals surface area contributed by atoms with E-state index in [1.165, 1.54) is 33.7 Å². The lowest BCUT2D eigenvalue weighted by atomic mass is 9.94. The third-order valence-electron chi connectivity index (χ3n) is 4.83. The molecule has 0 saturated heterocycles. The number of carbonyl (C=O) groups excluding carboxylic acids is 1. The van der Waals surface area contributed by atoms with Crippen molar-refractivity contribution in [2.45, 2.75) is 45.1 Å². The van der Waals surface area contributed by atoms with Gasteiger partial charge in [-0.3, -0.25) is 4.79 Å². The molecule has 4 heteroatoms. The molecule has 0 aromatic carbocycles. The molecule has 4 rings (SSSR count). The van der Waals surface area contributed by atoms with Crippen LogP contribution in [0.3, 0.4) is 0 Å². The third kappa shape index (κ3) is 2.16. The highest BCUT2D eigenvalue weighted by molar-refractivity contribution is 7.10. The first-order valence-electron chi connectivity index (χ1n) is 7.72. The number of fused-ring (bicyclic) bond motifs is 2. The van der Waals surface area contributed by atoms with Gasteiger partial charge < -0.3 is 4.90 Å². The van der Waals surface area contributed by atoms with E-state index in [0.717, 1.165) is 31.4 Å². The number of amides is 1. The van der Waals surface area contributed by atoms with Crippen molar-refractivity contribution in [3.05, 3.63) is 43.3 Å². The molecule has 2 aromatic rings. The fraction of sp³-hybridized carbons (Fsp3) is 0.471. The summed E-state index contributed by atoms with van der Waals surface area (Å²) in [5, 5.41) is 4.26. The van der Waals surface area contributed by atoms with Crippen molar-refractivity contribution < 1.29 is 4.79 Å². The molecule has 0 bridgehead atoms. The van der Waals surface area contributed by atoms with E-state index in [1.54, 1.807) is 11.3 Å². The second kappa shape index (κ2) is 5.25. The zero-order chi connectivity index (χ0) is 14.4. The number of thiophene rings is 2. The summed E-state index contributed by atoms with van der Waals surface area (Å²) < 4.78 is 0.